The van der Waals surface area contributed by atoms with E-state index in [0.29, 0.717) is 10.1 Å². The van der Waals surface area contributed by atoms with Crippen LogP contribution in [0.5, 0.6) is 0 Å². The van der Waals surface area contributed by atoms with Gasteiger partial charge in [-0.3, -0.25) is 0 Å². The van der Waals surface area contributed by atoms with Gasteiger partial charge in [-0.1, -0.05) is 247 Å². The first kappa shape index (κ1) is 41.2. The zero-order valence-corrected chi connectivity index (χ0v) is 31.7. The summed E-state index contributed by atoms with van der Waals surface area (Å²) in [5.74, 6) is 0. The summed E-state index contributed by atoms with van der Waals surface area (Å²) in [6.45, 7) is 15.1. The van der Waals surface area contributed by atoms with Gasteiger partial charge in [0.1, 0.15) is 0 Å². The molecule has 0 rings (SSSR count). The molecule has 0 saturated heterocycles. The highest BCUT2D eigenvalue weighted by atomic mass is 28.2. The van der Waals surface area contributed by atoms with Gasteiger partial charge in [0.15, 0.2) is 0 Å². The van der Waals surface area contributed by atoms with Crippen molar-refractivity contribution >= 4 is 9.52 Å². The van der Waals surface area contributed by atoms with E-state index in [2.05, 4.69) is 41.5 Å². The zero-order valence-electron chi connectivity index (χ0n) is 30.3. The van der Waals surface area contributed by atoms with Crippen molar-refractivity contribution in [1.82, 2.24) is 0 Å². The fourth-order valence-corrected chi connectivity index (χ4v) is 10.9. The van der Waals surface area contributed by atoms with Crippen molar-refractivity contribution in [3.8, 4) is 0 Å². The highest BCUT2D eigenvalue weighted by Crippen LogP contribution is 2.42. The van der Waals surface area contributed by atoms with Crippen LogP contribution in [0.15, 0.2) is 0 Å². The third kappa shape index (κ3) is 33.0. The zero-order chi connectivity index (χ0) is 30.3. The molecule has 0 atom stereocenters. The average Bonchev–Trinajstić information content (AvgIpc) is 2.92. The van der Waals surface area contributed by atoms with E-state index in [1.54, 1.807) is 0 Å². The van der Waals surface area contributed by atoms with Crippen LogP contribution in [0.25, 0.3) is 0 Å². The number of unbranched alkanes of at least 4 members (excludes halogenated alkanes) is 28. The van der Waals surface area contributed by atoms with Crippen LogP contribution in [0, 0.1) is 0 Å². The fraction of sp³-hybridized carbons (Fsp3) is 1.00. The maximum Gasteiger partial charge on any atom is 0.0327 e. The van der Waals surface area contributed by atoms with E-state index < -0.39 is 0 Å². The third-order valence-corrected chi connectivity index (χ3v) is 12.5. The summed E-state index contributed by atoms with van der Waals surface area (Å²) in [6, 6.07) is 0. The van der Waals surface area contributed by atoms with Crippen LogP contribution < -0.4 is 0 Å². The summed E-state index contributed by atoms with van der Waals surface area (Å²) < 4.78 is 0. The van der Waals surface area contributed by atoms with Crippen molar-refractivity contribution in [3.63, 3.8) is 0 Å². The van der Waals surface area contributed by atoms with Gasteiger partial charge in [-0.05, 0) is 10.1 Å². The lowest BCUT2D eigenvalue weighted by atomic mass is 10.0. The van der Waals surface area contributed by atoms with Gasteiger partial charge in [0.2, 0.25) is 0 Å². The van der Waals surface area contributed by atoms with Crippen molar-refractivity contribution < 1.29 is 0 Å². The topological polar surface area (TPSA) is 0 Å². The van der Waals surface area contributed by atoms with Crippen LogP contribution in [0.1, 0.15) is 247 Å². The first-order valence-corrected chi connectivity index (χ1v) is 21.2. The largest absolute Gasteiger partial charge is 0.0654 e. The van der Waals surface area contributed by atoms with Crippen molar-refractivity contribution in [1.29, 1.82) is 0 Å². The quantitative estimate of drug-likeness (QED) is 0.0515. The van der Waals surface area contributed by atoms with E-state index in [0.717, 1.165) is 0 Å². The third-order valence-electron chi connectivity index (χ3n) is 9.87. The van der Waals surface area contributed by atoms with Gasteiger partial charge in [-0.25, -0.2) is 0 Å². The van der Waals surface area contributed by atoms with E-state index in [1.807, 2.05) is 0 Å². The molecule has 0 N–H and O–H groups in total. The summed E-state index contributed by atoms with van der Waals surface area (Å²) in [4.78, 5) is 0. The molecule has 0 fully saturated rings. The van der Waals surface area contributed by atoms with Gasteiger partial charge >= 0.3 is 0 Å². The second-order valence-electron chi connectivity index (χ2n) is 15.9. The van der Waals surface area contributed by atoms with E-state index >= 15 is 0 Å². The monoisotopic (exact) mass is 593 g/mol. The molecule has 0 aromatic heterocycles. The van der Waals surface area contributed by atoms with Crippen LogP contribution in [0.4, 0.5) is 0 Å². The Morgan fingerprint density at radius 2 is 0.439 bits per heavy atom. The van der Waals surface area contributed by atoms with E-state index in [9.17, 15) is 0 Å². The van der Waals surface area contributed by atoms with Crippen LogP contribution in [-0.2, 0) is 0 Å². The Hall–Kier alpha value is 0.217. The molecule has 0 spiro atoms. The molecule has 0 saturated carbocycles. The molecule has 0 aliphatic heterocycles. The molecule has 0 unspecified atom stereocenters. The molecule has 41 heavy (non-hydrogen) atoms. The Morgan fingerprint density at radius 3 is 0.634 bits per heavy atom. The SMILES string of the molecule is CCCCCCCCCCCCCCCCCC(C)(C)[SiH2]C(C)(C)CCCCCCCCCCCCCCCCC. The predicted octanol–water partition coefficient (Wildman–Crippen LogP) is 15.1. The van der Waals surface area contributed by atoms with Crippen LogP contribution >= 0.6 is 0 Å². The van der Waals surface area contributed by atoms with Crippen molar-refractivity contribution in [2.45, 2.75) is 257 Å². The second-order valence-corrected chi connectivity index (χ2v) is 20.1. The van der Waals surface area contributed by atoms with E-state index in [1.165, 1.54) is 205 Å². The summed E-state index contributed by atoms with van der Waals surface area (Å²) in [7, 11) is -0.0621. The first-order valence-electron chi connectivity index (χ1n) is 19.8. The van der Waals surface area contributed by atoms with Gasteiger partial charge in [0.25, 0.3) is 0 Å². The standard InChI is InChI=1S/C40H84Si/c1-7-9-11-13-15-17-19-21-23-25-27-29-31-33-35-37-39(3,4)41-40(5,6)38-36-34-32-30-28-26-24-22-20-18-16-14-12-10-8-2/h7-38,41H2,1-6H3. The summed E-state index contributed by atoms with van der Waals surface area (Å²) >= 11 is 0. The predicted molar refractivity (Wildman–Crippen MR) is 196 cm³/mol. The normalized spacial score (nSPS) is 12.4. The molecule has 1 heteroatoms. The number of hydrogen-bond donors (Lipinski definition) is 0. The van der Waals surface area contributed by atoms with Crippen molar-refractivity contribution in [2.75, 3.05) is 0 Å². The average molecular weight is 593 g/mol. The highest BCUT2D eigenvalue weighted by Gasteiger charge is 2.28. The van der Waals surface area contributed by atoms with Crippen LogP contribution in [0.3, 0.4) is 0 Å². The minimum Gasteiger partial charge on any atom is -0.0654 e. The van der Waals surface area contributed by atoms with E-state index in [4.69, 9.17) is 0 Å². The molecule has 0 radical (unpaired) electrons. The Bertz CT molecular complexity index is 449. The van der Waals surface area contributed by atoms with Crippen molar-refractivity contribution in [3.05, 3.63) is 0 Å². The molecule has 0 amide bonds. The first-order chi connectivity index (χ1) is 19.8. The van der Waals surface area contributed by atoms with Crippen molar-refractivity contribution in [2.24, 2.45) is 0 Å². The summed E-state index contributed by atoms with van der Waals surface area (Å²) in [5, 5.41) is 1.30. The summed E-state index contributed by atoms with van der Waals surface area (Å²) in [5.41, 5.74) is 0. The number of rotatable bonds is 34. The molecule has 0 bridgehead atoms. The van der Waals surface area contributed by atoms with Gasteiger partial charge in [-0.2, -0.15) is 0 Å². The molecule has 0 aliphatic rings. The maximum atomic E-state index is 2.61. The lowest BCUT2D eigenvalue weighted by molar-refractivity contribution is 0.478. The van der Waals surface area contributed by atoms with Gasteiger partial charge in [0, 0.05) is 9.52 Å². The maximum absolute atomic E-state index is 2.61. The molecule has 0 heterocycles. The minimum absolute atomic E-state index is 0.0621. The lowest BCUT2D eigenvalue weighted by Crippen LogP contribution is -2.24. The number of hydrogen-bond acceptors (Lipinski definition) is 0. The Kier molecular flexibility index (Phi) is 30.4. The van der Waals surface area contributed by atoms with Gasteiger partial charge in [-0.15, -0.1) is 0 Å². The molecule has 0 aromatic rings. The molecular weight excluding hydrogens is 509 g/mol. The molecule has 0 aromatic carbocycles. The Balaban J connectivity index is 3.53. The highest BCUT2D eigenvalue weighted by molar-refractivity contribution is 6.43. The molecule has 0 nitrogen and oxygen atoms in total. The minimum atomic E-state index is -0.0621. The second kappa shape index (κ2) is 30.3. The lowest BCUT2D eigenvalue weighted by Gasteiger charge is -2.34. The van der Waals surface area contributed by atoms with Gasteiger partial charge < -0.3 is 0 Å². The molecular formula is C40H84Si. The molecule has 0 aliphatic carbocycles. The van der Waals surface area contributed by atoms with Gasteiger partial charge in [0.05, 0.1) is 0 Å². The van der Waals surface area contributed by atoms with Crippen LogP contribution in [-0.4, -0.2) is 9.52 Å². The smallest absolute Gasteiger partial charge is 0.0327 e. The Labute approximate surface area is 266 Å². The fourth-order valence-electron chi connectivity index (χ4n) is 7.42. The Morgan fingerprint density at radius 1 is 0.268 bits per heavy atom. The van der Waals surface area contributed by atoms with Crippen LogP contribution in [0.2, 0.25) is 10.1 Å². The summed E-state index contributed by atoms with van der Waals surface area (Å²) in [6.07, 6.45) is 47.2. The molecule has 248 valence electrons. The van der Waals surface area contributed by atoms with E-state index in [-0.39, 0.29) is 9.52 Å².